The van der Waals surface area contributed by atoms with Crippen molar-refractivity contribution in [3.05, 3.63) is 77.3 Å². The van der Waals surface area contributed by atoms with Crippen LogP contribution in [0.25, 0.3) is 0 Å². The van der Waals surface area contributed by atoms with Crippen molar-refractivity contribution in [3.63, 3.8) is 0 Å². The van der Waals surface area contributed by atoms with Crippen LogP contribution in [0.15, 0.2) is 66.1 Å². The molecule has 0 saturated carbocycles. The molecule has 1 N–H and O–H groups in total. The molecule has 0 aliphatic carbocycles. The summed E-state index contributed by atoms with van der Waals surface area (Å²) in [6, 6.07) is 13.3. The van der Waals surface area contributed by atoms with Gasteiger partial charge in [-0.1, -0.05) is 35.9 Å². The minimum atomic E-state index is -3.70. The molecular formula is C20H21ClN2O4S. The van der Waals surface area contributed by atoms with E-state index >= 15 is 0 Å². The van der Waals surface area contributed by atoms with Crippen molar-refractivity contribution in [3.8, 4) is 0 Å². The molecule has 1 saturated heterocycles. The number of morpholine rings is 1. The fourth-order valence-corrected chi connectivity index (χ4v) is 4.11. The summed E-state index contributed by atoms with van der Waals surface area (Å²) >= 11 is 5.93. The lowest BCUT2D eigenvalue weighted by atomic mass is 10.1. The molecular weight excluding hydrogens is 400 g/mol. The molecule has 0 radical (unpaired) electrons. The van der Waals surface area contributed by atoms with Gasteiger partial charge in [-0.15, -0.1) is 6.58 Å². The third kappa shape index (κ3) is 4.80. The quantitative estimate of drug-likeness (QED) is 0.729. The van der Waals surface area contributed by atoms with Crippen molar-refractivity contribution in [1.29, 1.82) is 0 Å². The molecule has 8 heteroatoms. The second kappa shape index (κ2) is 8.87. The summed E-state index contributed by atoms with van der Waals surface area (Å²) in [5.41, 5.74) is 1.25. The molecule has 1 aliphatic rings. The number of rotatable bonds is 6. The minimum Gasteiger partial charge on any atom is -0.370 e. The number of ether oxygens (including phenoxy) is 1. The highest BCUT2D eigenvalue weighted by Crippen LogP contribution is 2.25. The molecule has 1 fully saturated rings. The molecule has 1 atom stereocenters. The van der Waals surface area contributed by atoms with Crippen molar-refractivity contribution in [2.75, 3.05) is 26.2 Å². The van der Waals surface area contributed by atoms with Gasteiger partial charge in [0, 0.05) is 23.7 Å². The first kappa shape index (κ1) is 20.5. The number of halogens is 1. The van der Waals surface area contributed by atoms with E-state index in [1.807, 2.05) is 12.1 Å². The predicted molar refractivity (Wildman–Crippen MR) is 108 cm³/mol. The first-order chi connectivity index (χ1) is 13.4. The smallest absolute Gasteiger partial charge is 0.254 e. The number of amides is 1. The molecule has 0 bridgehead atoms. The second-order valence-electron chi connectivity index (χ2n) is 6.33. The maximum atomic E-state index is 12.9. The van der Waals surface area contributed by atoms with E-state index in [0.717, 1.165) is 5.56 Å². The Morgan fingerprint density at radius 3 is 2.75 bits per heavy atom. The van der Waals surface area contributed by atoms with E-state index < -0.39 is 10.0 Å². The predicted octanol–water partition coefficient (Wildman–Crippen LogP) is 3.02. The molecule has 0 spiro atoms. The number of carbonyl (C=O) groups excluding carboxylic acids is 1. The number of carbonyl (C=O) groups is 1. The lowest BCUT2D eigenvalue weighted by Gasteiger charge is -2.33. The third-order valence-electron chi connectivity index (χ3n) is 4.40. The van der Waals surface area contributed by atoms with Gasteiger partial charge in [-0.3, -0.25) is 4.79 Å². The fraction of sp³-hybridized carbons (Fsp3) is 0.250. The number of nitrogens with zero attached hydrogens (tertiary/aromatic N) is 1. The van der Waals surface area contributed by atoms with Crippen LogP contribution in [0.2, 0.25) is 5.02 Å². The van der Waals surface area contributed by atoms with Gasteiger partial charge in [-0.25, -0.2) is 13.1 Å². The van der Waals surface area contributed by atoms with Gasteiger partial charge >= 0.3 is 0 Å². The van der Waals surface area contributed by atoms with Crippen LogP contribution in [0.4, 0.5) is 0 Å². The van der Waals surface area contributed by atoms with Gasteiger partial charge in [0.15, 0.2) is 0 Å². The van der Waals surface area contributed by atoms with E-state index in [4.69, 9.17) is 16.3 Å². The molecule has 6 nitrogen and oxygen atoms in total. The van der Waals surface area contributed by atoms with E-state index in [1.165, 1.54) is 18.2 Å². The molecule has 3 rings (SSSR count). The Morgan fingerprint density at radius 2 is 2.04 bits per heavy atom. The molecule has 2 aromatic rings. The van der Waals surface area contributed by atoms with Gasteiger partial charge < -0.3 is 9.64 Å². The first-order valence-corrected chi connectivity index (χ1v) is 10.6. The Balaban J connectivity index is 1.77. The molecule has 148 valence electrons. The normalized spacial score (nSPS) is 17.3. The van der Waals surface area contributed by atoms with Gasteiger partial charge in [-0.05, 0) is 35.9 Å². The number of sulfonamides is 1. The highest BCUT2D eigenvalue weighted by molar-refractivity contribution is 7.89. The minimum absolute atomic E-state index is 0.0442. The summed E-state index contributed by atoms with van der Waals surface area (Å²) in [4.78, 5) is 14.7. The van der Waals surface area contributed by atoms with Crippen molar-refractivity contribution in [2.45, 2.75) is 11.0 Å². The van der Waals surface area contributed by atoms with Crippen molar-refractivity contribution in [2.24, 2.45) is 0 Å². The van der Waals surface area contributed by atoms with Gasteiger partial charge in [0.2, 0.25) is 10.0 Å². The third-order valence-corrected chi connectivity index (χ3v) is 6.08. The van der Waals surface area contributed by atoms with Crippen LogP contribution in [0.5, 0.6) is 0 Å². The van der Waals surface area contributed by atoms with E-state index in [-0.39, 0.29) is 23.5 Å². The Hall–Kier alpha value is -2.19. The molecule has 1 unspecified atom stereocenters. The summed E-state index contributed by atoms with van der Waals surface area (Å²) in [5.74, 6) is -0.233. The summed E-state index contributed by atoms with van der Waals surface area (Å²) in [7, 11) is -3.70. The molecule has 2 aromatic carbocycles. The highest BCUT2D eigenvalue weighted by atomic mass is 35.5. The summed E-state index contributed by atoms with van der Waals surface area (Å²) in [5, 5.41) is 0.635. The average molecular weight is 421 g/mol. The SMILES string of the molecule is C=CCNS(=O)(=O)c1cccc(C(=O)N2CCOC(c3ccc(Cl)cc3)C2)c1. The van der Waals surface area contributed by atoms with Gasteiger partial charge in [0.1, 0.15) is 6.10 Å². The van der Waals surface area contributed by atoms with Crippen LogP contribution in [0.1, 0.15) is 22.0 Å². The van der Waals surface area contributed by atoms with Crippen LogP contribution in [-0.2, 0) is 14.8 Å². The van der Waals surface area contributed by atoms with Crippen LogP contribution in [0, 0.1) is 0 Å². The van der Waals surface area contributed by atoms with Crippen molar-refractivity contribution < 1.29 is 17.9 Å². The summed E-state index contributed by atoms with van der Waals surface area (Å²) in [6.07, 6.45) is 1.20. The first-order valence-electron chi connectivity index (χ1n) is 8.77. The monoisotopic (exact) mass is 420 g/mol. The standard InChI is InChI=1S/C20H21ClN2O4S/c1-2-10-22-28(25,26)18-5-3-4-16(13-18)20(24)23-11-12-27-19(14-23)15-6-8-17(21)9-7-15/h2-9,13,19,22H,1,10-12,14H2. The zero-order chi connectivity index (χ0) is 20.1. The molecule has 1 amide bonds. The number of nitrogens with one attached hydrogen (secondary N) is 1. The largest absolute Gasteiger partial charge is 0.370 e. The molecule has 1 aliphatic heterocycles. The maximum Gasteiger partial charge on any atom is 0.254 e. The molecule has 0 aromatic heterocycles. The second-order valence-corrected chi connectivity index (χ2v) is 8.53. The van der Waals surface area contributed by atoms with Crippen LogP contribution < -0.4 is 4.72 Å². The Morgan fingerprint density at radius 1 is 1.29 bits per heavy atom. The topological polar surface area (TPSA) is 75.7 Å². The Bertz CT molecular complexity index is 960. The molecule has 28 heavy (non-hydrogen) atoms. The van der Waals surface area contributed by atoms with Crippen LogP contribution in [0.3, 0.4) is 0 Å². The van der Waals surface area contributed by atoms with Gasteiger partial charge in [-0.2, -0.15) is 0 Å². The maximum absolute atomic E-state index is 12.9. The summed E-state index contributed by atoms with van der Waals surface area (Å²) in [6.45, 7) is 4.83. The van der Waals surface area contributed by atoms with Crippen LogP contribution in [-0.4, -0.2) is 45.5 Å². The van der Waals surface area contributed by atoms with E-state index in [1.54, 1.807) is 29.2 Å². The zero-order valence-electron chi connectivity index (χ0n) is 15.2. The zero-order valence-corrected chi connectivity index (χ0v) is 16.7. The lowest BCUT2D eigenvalue weighted by Crippen LogP contribution is -2.42. The van der Waals surface area contributed by atoms with E-state index in [2.05, 4.69) is 11.3 Å². The van der Waals surface area contributed by atoms with Crippen molar-refractivity contribution >= 4 is 27.5 Å². The molecule has 1 heterocycles. The van der Waals surface area contributed by atoms with Gasteiger partial charge in [0.05, 0.1) is 18.0 Å². The van der Waals surface area contributed by atoms with Crippen molar-refractivity contribution in [1.82, 2.24) is 9.62 Å². The van der Waals surface area contributed by atoms with Crippen LogP contribution >= 0.6 is 11.6 Å². The Labute approximate surface area is 169 Å². The number of hydrogen-bond acceptors (Lipinski definition) is 4. The summed E-state index contributed by atoms with van der Waals surface area (Å²) < 4.78 is 32.8. The average Bonchev–Trinajstić information content (AvgIpc) is 2.72. The van der Waals surface area contributed by atoms with E-state index in [0.29, 0.717) is 30.3 Å². The van der Waals surface area contributed by atoms with Gasteiger partial charge in [0.25, 0.3) is 5.91 Å². The highest BCUT2D eigenvalue weighted by Gasteiger charge is 2.27. The number of hydrogen-bond donors (Lipinski definition) is 1. The fourth-order valence-electron chi connectivity index (χ4n) is 2.94. The Kier molecular flexibility index (Phi) is 6.51. The lowest BCUT2D eigenvalue weighted by molar-refractivity contribution is -0.0228. The number of benzene rings is 2. The van der Waals surface area contributed by atoms with E-state index in [9.17, 15) is 13.2 Å².